The van der Waals surface area contributed by atoms with Gasteiger partial charge in [0, 0.05) is 12.3 Å². The van der Waals surface area contributed by atoms with E-state index in [0.717, 1.165) is 42.3 Å². The number of ether oxygens (including phenoxy) is 1. The Morgan fingerprint density at radius 3 is 2.96 bits per heavy atom. The van der Waals surface area contributed by atoms with E-state index in [1.165, 1.54) is 0 Å². The monoisotopic (exact) mass is 375 g/mol. The van der Waals surface area contributed by atoms with Gasteiger partial charge in [-0.25, -0.2) is 9.78 Å². The van der Waals surface area contributed by atoms with Crippen molar-refractivity contribution >= 4 is 29.4 Å². The minimum atomic E-state index is -0.558. The van der Waals surface area contributed by atoms with Crippen LogP contribution in [0.15, 0.2) is 23.4 Å². The average Bonchev–Trinajstić information content (AvgIpc) is 3.26. The van der Waals surface area contributed by atoms with Crippen LogP contribution in [0.4, 0.5) is 10.5 Å². The second-order valence-electron chi connectivity index (χ2n) is 6.11. The Morgan fingerprint density at radius 1 is 1.38 bits per heavy atom. The molecular weight excluding hydrogens is 354 g/mol. The lowest BCUT2D eigenvalue weighted by molar-refractivity contribution is -0.117. The van der Waals surface area contributed by atoms with E-state index in [2.05, 4.69) is 25.8 Å². The first-order valence-electron chi connectivity index (χ1n) is 8.36. The van der Waals surface area contributed by atoms with E-state index < -0.39 is 11.9 Å². The van der Waals surface area contributed by atoms with Crippen LogP contribution in [0.5, 0.6) is 0 Å². The van der Waals surface area contributed by atoms with Crippen LogP contribution in [0, 0.1) is 13.8 Å². The van der Waals surface area contributed by atoms with Gasteiger partial charge in [0.2, 0.25) is 11.1 Å². The van der Waals surface area contributed by atoms with Crippen molar-refractivity contribution in [2.45, 2.75) is 37.9 Å². The summed E-state index contributed by atoms with van der Waals surface area (Å²) in [4.78, 5) is 28.2. The number of aryl methyl sites for hydroxylation is 2. The molecule has 0 aliphatic carbocycles. The van der Waals surface area contributed by atoms with Crippen molar-refractivity contribution in [3.05, 3.63) is 35.2 Å². The molecule has 1 unspecified atom stereocenters. The third-order valence-electron chi connectivity index (χ3n) is 3.93. The van der Waals surface area contributed by atoms with Gasteiger partial charge in [-0.15, -0.1) is 5.10 Å². The predicted molar refractivity (Wildman–Crippen MR) is 98.1 cm³/mol. The first-order valence-corrected chi connectivity index (χ1v) is 9.34. The summed E-state index contributed by atoms with van der Waals surface area (Å²) < 4.78 is 5.53. The summed E-state index contributed by atoms with van der Waals surface area (Å²) in [5.41, 5.74) is 2.71. The molecule has 3 N–H and O–H groups in total. The molecule has 3 amide bonds. The maximum atomic E-state index is 11.9. The highest BCUT2D eigenvalue weighted by atomic mass is 32.2. The summed E-state index contributed by atoms with van der Waals surface area (Å²) in [6.07, 6.45) is 1.87. The van der Waals surface area contributed by atoms with Gasteiger partial charge in [-0.05, 0) is 38.3 Å². The number of hydrogen-bond donors (Lipinski definition) is 3. The van der Waals surface area contributed by atoms with Crippen molar-refractivity contribution in [2.75, 3.05) is 17.7 Å². The molecule has 1 aliphatic rings. The van der Waals surface area contributed by atoms with Crippen LogP contribution in [0.2, 0.25) is 0 Å². The molecular formula is C17H21N5O3S. The van der Waals surface area contributed by atoms with E-state index in [9.17, 15) is 9.59 Å². The highest BCUT2D eigenvalue weighted by molar-refractivity contribution is 7.99. The zero-order valence-corrected chi connectivity index (χ0v) is 15.5. The Kier molecular flexibility index (Phi) is 5.89. The van der Waals surface area contributed by atoms with Gasteiger partial charge in [-0.3, -0.25) is 15.2 Å². The van der Waals surface area contributed by atoms with E-state index in [1.54, 1.807) is 0 Å². The lowest BCUT2D eigenvalue weighted by atomic mass is 10.1. The van der Waals surface area contributed by atoms with Crippen LogP contribution in [-0.4, -0.2) is 39.5 Å². The van der Waals surface area contributed by atoms with E-state index >= 15 is 0 Å². The molecule has 2 heterocycles. The van der Waals surface area contributed by atoms with Crippen molar-refractivity contribution in [2.24, 2.45) is 0 Å². The summed E-state index contributed by atoms with van der Waals surface area (Å²) in [6, 6.07) is 5.11. The highest BCUT2D eigenvalue weighted by Gasteiger charge is 2.21. The fourth-order valence-corrected chi connectivity index (χ4v) is 3.27. The molecule has 0 bridgehead atoms. The van der Waals surface area contributed by atoms with Gasteiger partial charge >= 0.3 is 6.03 Å². The fourth-order valence-electron chi connectivity index (χ4n) is 2.66. The standard InChI is InChI=1S/C17H21N5O3S/c1-10-5-6-12(11(2)8-10)18-16(24)19-14(23)9-26-17-20-15(21-22-17)13-4-3-7-25-13/h5-6,8,13H,3-4,7,9H2,1-2H3,(H,20,21,22)(H2,18,19,23,24). The van der Waals surface area contributed by atoms with Gasteiger partial charge in [0.05, 0.1) is 5.75 Å². The molecule has 1 aromatic carbocycles. The van der Waals surface area contributed by atoms with Crippen molar-refractivity contribution in [1.29, 1.82) is 0 Å². The number of H-pyrrole nitrogens is 1. The zero-order chi connectivity index (χ0) is 18.5. The Labute approximate surface area is 155 Å². The number of carbonyl (C=O) groups is 2. The van der Waals surface area contributed by atoms with Crippen LogP contribution in [0.3, 0.4) is 0 Å². The van der Waals surface area contributed by atoms with E-state index in [1.807, 2.05) is 32.0 Å². The van der Waals surface area contributed by atoms with E-state index in [0.29, 0.717) is 16.7 Å². The molecule has 0 saturated carbocycles. The molecule has 138 valence electrons. The van der Waals surface area contributed by atoms with Crippen LogP contribution >= 0.6 is 11.8 Å². The number of thioether (sulfide) groups is 1. The third-order valence-corrected chi connectivity index (χ3v) is 4.78. The molecule has 1 aliphatic heterocycles. The van der Waals surface area contributed by atoms with E-state index in [-0.39, 0.29) is 11.9 Å². The van der Waals surface area contributed by atoms with Crippen molar-refractivity contribution in [3.63, 3.8) is 0 Å². The number of anilines is 1. The van der Waals surface area contributed by atoms with Crippen molar-refractivity contribution in [3.8, 4) is 0 Å². The summed E-state index contributed by atoms with van der Waals surface area (Å²) >= 11 is 1.16. The van der Waals surface area contributed by atoms with Crippen LogP contribution in [0.25, 0.3) is 0 Å². The Balaban J connectivity index is 1.45. The van der Waals surface area contributed by atoms with Crippen LogP contribution < -0.4 is 10.6 Å². The maximum Gasteiger partial charge on any atom is 0.325 e. The average molecular weight is 375 g/mol. The number of nitrogens with one attached hydrogen (secondary N) is 3. The quantitative estimate of drug-likeness (QED) is 0.693. The number of aromatic amines is 1. The highest BCUT2D eigenvalue weighted by Crippen LogP contribution is 2.26. The zero-order valence-electron chi connectivity index (χ0n) is 14.7. The number of urea groups is 1. The Hall–Kier alpha value is -2.39. The molecule has 0 radical (unpaired) electrons. The second-order valence-corrected chi connectivity index (χ2v) is 7.06. The van der Waals surface area contributed by atoms with Gasteiger partial charge < -0.3 is 10.1 Å². The second kappa shape index (κ2) is 8.33. The number of carbonyl (C=O) groups excluding carboxylic acids is 2. The fraction of sp³-hybridized carbons (Fsp3) is 0.412. The summed E-state index contributed by atoms with van der Waals surface area (Å²) in [5, 5.41) is 12.3. The first-order chi connectivity index (χ1) is 12.5. The SMILES string of the molecule is Cc1ccc(NC(=O)NC(=O)CSc2n[nH]c(C3CCCO3)n2)c(C)c1. The minimum Gasteiger partial charge on any atom is -0.370 e. The lowest BCUT2D eigenvalue weighted by Gasteiger charge is -2.09. The molecule has 3 rings (SSSR count). The predicted octanol–water partition coefficient (Wildman–Crippen LogP) is 2.71. The summed E-state index contributed by atoms with van der Waals surface area (Å²) in [6.45, 7) is 4.60. The molecule has 1 atom stereocenters. The largest absolute Gasteiger partial charge is 0.370 e. The number of benzene rings is 1. The molecule has 1 saturated heterocycles. The normalized spacial score (nSPS) is 16.5. The van der Waals surface area contributed by atoms with Gasteiger partial charge in [-0.2, -0.15) is 0 Å². The molecule has 1 aromatic heterocycles. The number of imide groups is 1. The number of aromatic nitrogens is 3. The summed E-state index contributed by atoms with van der Waals surface area (Å²) in [7, 11) is 0. The van der Waals surface area contributed by atoms with Gasteiger partial charge in [-0.1, -0.05) is 29.5 Å². The Bertz CT molecular complexity index is 801. The van der Waals surface area contributed by atoms with Crippen LogP contribution in [0.1, 0.15) is 35.9 Å². The molecule has 8 nitrogen and oxygen atoms in total. The third kappa shape index (κ3) is 4.83. The van der Waals surface area contributed by atoms with Gasteiger partial charge in [0.25, 0.3) is 0 Å². The molecule has 9 heteroatoms. The molecule has 0 spiro atoms. The number of hydrogen-bond acceptors (Lipinski definition) is 6. The maximum absolute atomic E-state index is 11.9. The summed E-state index contributed by atoms with van der Waals surface area (Å²) in [5.74, 6) is 0.307. The molecule has 26 heavy (non-hydrogen) atoms. The lowest BCUT2D eigenvalue weighted by Crippen LogP contribution is -2.35. The van der Waals surface area contributed by atoms with Crippen molar-refractivity contribution in [1.82, 2.24) is 20.5 Å². The number of nitrogens with zero attached hydrogens (tertiary/aromatic N) is 2. The van der Waals surface area contributed by atoms with Gasteiger partial charge in [0.15, 0.2) is 5.82 Å². The number of rotatable bonds is 5. The topological polar surface area (TPSA) is 109 Å². The van der Waals surface area contributed by atoms with Crippen molar-refractivity contribution < 1.29 is 14.3 Å². The number of amides is 3. The van der Waals surface area contributed by atoms with Crippen LogP contribution in [-0.2, 0) is 9.53 Å². The first kappa shape index (κ1) is 18.4. The minimum absolute atomic E-state index is 0.0448. The molecule has 1 fully saturated rings. The van der Waals surface area contributed by atoms with E-state index in [4.69, 9.17) is 4.74 Å². The molecule has 2 aromatic rings. The van der Waals surface area contributed by atoms with Gasteiger partial charge in [0.1, 0.15) is 6.10 Å². The Morgan fingerprint density at radius 2 is 2.23 bits per heavy atom. The smallest absolute Gasteiger partial charge is 0.325 e.